The topological polar surface area (TPSA) is 21.3 Å². The molecule has 12 heavy (non-hydrogen) atoms. The van der Waals surface area contributed by atoms with Gasteiger partial charge in [0, 0.05) is 12.6 Å². The van der Waals surface area contributed by atoms with Crippen molar-refractivity contribution in [3.05, 3.63) is 0 Å². The molecular formula is C10H21NO. The standard InChI is InChI=1S/C10H21NO/c1-4-11-10(9-6-7-9)8(3)12-5-2/h8-11H,4-7H2,1-3H3. The van der Waals surface area contributed by atoms with Crippen molar-refractivity contribution >= 4 is 0 Å². The lowest BCUT2D eigenvalue weighted by Crippen LogP contribution is -2.41. The van der Waals surface area contributed by atoms with Crippen molar-refractivity contribution in [3.63, 3.8) is 0 Å². The highest BCUT2D eigenvalue weighted by Crippen LogP contribution is 2.34. The Morgan fingerprint density at radius 3 is 2.50 bits per heavy atom. The Morgan fingerprint density at radius 1 is 1.42 bits per heavy atom. The lowest BCUT2D eigenvalue weighted by Gasteiger charge is -2.24. The quantitative estimate of drug-likeness (QED) is 0.658. The summed E-state index contributed by atoms with van der Waals surface area (Å²) in [6, 6.07) is 0.593. The van der Waals surface area contributed by atoms with Gasteiger partial charge in [-0.05, 0) is 39.2 Å². The molecule has 0 spiro atoms. The van der Waals surface area contributed by atoms with E-state index in [1.807, 2.05) is 0 Å². The largest absolute Gasteiger partial charge is 0.377 e. The van der Waals surface area contributed by atoms with Gasteiger partial charge in [-0.25, -0.2) is 0 Å². The maximum atomic E-state index is 5.60. The van der Waals surface area contributed by atoms with E-state index in [0.29, 0.717) is 12.1 Å². The fourth-order valence-corrected chi connectivity index (χ4v) is 1.77. The molecular weight excluding hydrogens is 150 g/mol. The Balaban J connectivity index is 2.29. The van der Waals surface area contributed by atoms with Crippen molar-refractivity contribution in [3.8, 4) is 0 Å². The third kappa shape index (κ3) is 2.76. The van der Waals surface area contributed by atoms with Gasteiger partial charge in [0.1, 0.15) is 0 Å². The smallest absolute Gasteiger partial charge is 0.0702 e. The highest BCUT2D eigenvalue weighted by Gasteiger charge is 2.34. The molecule has 0 aromatic rings. The molecule has 72 valence electrons. The van der Waals surface area contributed by atoms with Crippen LogP contribution >= 0.6 is 0 Å². The minimum Gasteiger partial charge on any atom is -0.377 e. The first kappa shape index (κ1) is 10.0. The van der Waals surface area contributed by atoms with E-state index in [9.17, 15) is 0 Å². The van der Waals surface area contributed by atoms with Gasteiger partial charge in [0.25, 0.3) is 0 Å². The molecule has 0 radical (unpaired) electrons. The fraction of sp³-hybridized carbons (Fsp3) is 1.00. The lowest BCUT2D eigenvalue weighted by molar-refractivity contribution is 0.0420. The molecule has 2 unspecified atom stereocenters. The van der Waals surface area contributed by atoms with Gasteiger partial charge in [-0.2, -0.15) is 0 Å². The first-order valence-corrected chi connectivity index (χ1v) is 5.14. The van der Waals surface area contributed by atoms with E-state index >= 15 is 0 Å². The van der Waals surface area contributed by atoms with Crippen LogP contribution in [0.1, 0.15) is 33.6 Å². The van der Waals surface area contributed by atoms with Gasteiger partial charge in [0.2, 0.25) is 0 Å². The molecule has 0 aromatic heterocycles. The number of nitrogens with one attached hydrogen (secondary N) is 1. The first-order chi connectivity index (χ1) is 5.79. The van der Waals surface area contributed by atoms with Crippen LogP contribution in [-0.4, -0.2) is 25.3 Å². The van der Waals surface area contributed by atoms with Crippen molar-refractivity contribution in [2.75, 3.05) is 13.2 Å². The third-order valence-corrected chi connectivity index (χ3v) is 2.50. The van der Waals surface area contributed by atoms with Crippen molar-refractivity contribution in [1.29, 1.82) is 0 Å². The van der Waals surface area contributed by atoms with Crippen LogP contribution in [0.25, 0.3) is 0 Å². The van der Waals surface area contributed by atoms with Crippen molar-refractivity contribution < 1.29 is 4.74 Å². The van der Waals surface area contributed by atoms with Gasteiger partial charge in [-0.15, -0.1) is 0 Å². The van der Waals surface area contributed by atoms with Crippen LogP contribution in [0, 0.1) is 5.92 Å². The summed E-state index contributed by atoms with van der Waals surface area (Å²) in [4.78, 5) is 0. The number of likely N-dealkylation sites (N-methyl/N-ethyl adjacent to an activating group) is 1. The maximum Gasteiger partial charge on any atom is 0.0702 e. The van der Waals surface area contributed by atoms with E-state index in [2.05, 4.69) is 26.1 Å². The minimum atomic E-state index is 0.377. The average Bonchev–Trinajstić information content (AvgIpc) is 2.83. The molecule has 0 aliphatic heterocycles. The van der Waals surface area contributed by atoms with Gasteiger partial charge in [0.05, 0.1) is 6.10 Å². The predicted molar refractivity (Wildman–Crippen MR) is 51.3 cm³/mol. The van der Waals surface area contributed by atoms with Crippen LogP contribution < -0.4 is 5.32 Å². The molecule has 1 aliphatic rings. The SMILES string of the molecule is CCNC(C1CC1)C(C)OCC. The van der Waals surface area contributed by atoms with E-state index in [4.69, 9.17) is 4.74 Å². The molecule has 2 nitrogen and oxygen atoms in total. The molecule has 0 saturated heterocycles. The second-order valence-electron chi connectivity index (χ2n) is 3.58. The van der Waals surface area contributed by atoms with Gasteiger partial charge in [-0.1, -0.05) is 6.92 Å². The van der Waals surface area contributed by atoms with Crippen LogP contribution in [0.5, 0.6) is 0 Å². The van der Waals surface area contributed by atoms with E-state index < -0.39 is 0 Å². The summed E-state index contributed by atoms with van der Waals surface area (Å²) in [5, 5.41) is 3.50. The van der Waals surface area contributed by atoms with Crippen LogP contribution in [0.4, 0.5) is 0 Å². The van der Waals surface area contributed by atoms with Gasteiger partial charge < -0.3 is 10.1 Å². The van der Waals surface area contributed by atoms with Crippen LogP contribution in [-0.2, 0) is 4.74 Å². The van der Waals surface area contributed by atoms with E-state index in [-0.39, 0.29) is 0 Å². The van der Waals surface area contributed by atoms with Crippen molar-refractivity contribution in [1.82, 2.24) is 5.32 Å². The second kappa shape index (κ2) is 4.83. The Kier molecular flexibility index (Phi) is 4.02. The summed E-state index contributed by atoms with van der Waals surface area (Å²) in [5.74, 6) is 0.881. The zero-order chi connectivity index (χ0) is 8.97. The van der Waals surface area contributed by atoms with E-state index in [0.717, 1.165) is 19.1 Å². The zero-order valence-corrected chi connectivity index (χ0v) is 8.47. The minimum absolute atomic E-state index is 0.377. The molecule has 1 saturated carbocycles. The molecule has 1 rings (SSSR count). The van der Waals surface area contributed by atoms with Crippen LogP contribution in [0.2, 0.25) is 0 Å². The third-order valence-electron chi connectivity index (χ3n) is 2.50. The summed E-state index contributed by atoms with van der Waals surface area (Å²) in [5.41, 5.74) is 0. The van der Waals surface area contributed by atoms with Crippen LogP contribution in [0.15, 0.2) is 0 Å². The highest BCUT2D eigenvalue weighted by atomic mass is 16.5. The zero-order valence-electron chi connectivity index (χ0n) is 8.47. The van der Waals surface area contributed by atoms with Crippen LogP contribution in [0.3, 0.4) is 0 Å². The number of hydrogen-bond donors (Lipinski definition) is 1. The molecule has 0 bridgehead atoms. The van der Waals surface area contributed by atoms with E-state index in [1.165, 1.54) is 12.8 Å². The molecule has 1 fully saturated rings. The number of ether oxygens (including phenoxy) is 1. The summed E-state index contributed by atoms with van der Waals surface area (Å²) in [6.45, 7) is 8.28. The van der Waals surface area contributed by atoms with Gasteiger partial charge in [0.15, 0.2) is 0 Å². The maximum absolute atomic E-state index is 5.60. The fourth-order valence-electron chi connectivity index (χ4n) is 1.77. The molecule has 0 heterocycles. The van der Waals surface area contributed by atoms with Crippen molar-refractivity contribution in [2.24, 2.45) is 5.92 Å². The molecule has 0 aromatic carbocycles. The summed E-state index contributed by atoms with van der Waals surface area (Å²) in [7, 11) is 0. The number of rotatable bonds is 6. The lowest BCUT2D eigenvalue weighted by atomic mass is 10.1. The Labute approximate surface area is 75.7 Å². The average molecular weight is 171 g/mol. The normalized spacial score (nSPS) is 22.2. The molecule has 1 N–H and O–H groups in total. The Morgan fingerprint density at radius 2 is 2.08 bits per heavy atom. The summed E-state index contributed by atoms with van der Waals surface area (Å²) >= 11 is 0. The van der Waals surface area contributed by atoms with Gasteiger partial charge in [-0.3, -0.25) is 0 Å². The van der Waals surface area contributed by atoms with E-state index in [1.54, 1.807) is 0 Å². The molecule has 0 amide bonds. The highest BCUT2D eigenvalue weighted by molar-refractivity contribution is 4.89. The summed E-state index contributed by atoms with van der Waals surface area (Å²) < 4.78 is 5.60. The predicted octanol–water partition coefficient (Wildman–Crippen LogP) is 1.80. The summed E-state index contributed by atoms with van der Waals surface area (Å²) in [6.07, 6.45) is 3.15. The molecule has 2 atom stereocenters. The first-order valence-electron chi connectivity index (χ1n) is 5.14. The van der Waals surface area contributed by atoms with Crippen molar-refractivity contribution in [2.45, 2.75) is 45.8 Å². The molecule has 1 aliphatic carbocycles. The number of hydrogen-bond acceptors (Lipinski definition) is 2. The molecule has 2 heteroatoms. The Bertz CT molecular complexity index is 123. The monoisotopic (exact) mass is 171 g/mol. The van der Waals surface area contributed by atoms with Gasteiger partial charge >= 0.3 is 0 Å². The Hall–Kier alpha value is -0.0800. The second-order valence-corrected chi connectivity index (χ2v) is 3.58.